The van der Waals surface area contributed by atoms with Gasteiger partial charge in [0.2, 0.25) is 0 Å². The predicted molar refractivity (Wildman–Crippen MR) is 84.0 cm³/mol. The monoisotopic (exact) mass is 524 g/mol. The standard InChI is InChI=1S/C15H12F12N4O3/c16-12(17,18)7(13(19,20)21)32-9-28-10(33-8(14(22,23)24)15(25,26)27)30-11(29-9)34-31-6-4-2-1-3-5-6/h7-8H,1-5H2. The summed E-state index contributed by atoms with van der Waals surface area (Å²) in [4.78, 5) is 12.9. The van der Waals surface area contributed by atoms with Crippen molar-refractivity contribution in [3.05, 3.63) is 0 Å². The van der Waals surface area contributed by atoms with Crippen molar-refractivity contribution in [3.8, 4) is 18.0 Å². The van der Waals surface area contributed by atoms with E-state index < -0.39 is 54.9 Å². The van der Waals surface area contributed by atoms with Crippen LogP contribution < -0.4 is 14.3 Å². The molecule has 2 rings (SSSR count). The summed E-state index contributed by atoms with van der Waals surface area (Å²) >= 11 is 0. The lowest BCUT2D eigenvalue weighted by molar-refractivity contribution is -0.302. The Bertz CT molecular complexity index is 778. The van der Waals surface area contributed by atoms with Crippen LogP contribution in [0, 0.1) is 0 Å². The number of hydrogen-bond donors (Lipinski definition) is 0. The Morgan fingerprint density at radius 1 is 0.559 bits per heavy atom. The van der Waals surface area contributed by atoms with E-state index in [0.29, 0.717) is 31.4 Å². The molecule has 194 valence electrons. The van der Waals surface area contributed by atoms with Gasteiger partial charge in [-0.15, -0.1) is 15.0 Å². The van der Waals surface area contributed by atoms with E-state index in [1.807, 2.05) is 0 Å². The molecular formula is C15H12F12N4O3. The van der Waals surface area contributed by atoms with Gasteiger partial charge in [-0.2, -0.15) is 52.7 Å². The van der Waals surface area contributed by atoms with Gasteiger partial charge in [0.05, 0.1) is 5.71 Å². The van der Waals surface area contributed by atoms with Crippen molar-refractivity contribution < 1.29 is 67.0 Å². The van der Waals surface area contributed by atoms with Gasteiger partial charge >= 0.3 is 42.7 Å². The van der Waals surface area contributed by atoms with Crippen LogP contribution in [0.5, 0.6) is 18.0 Å². The highest BCUT2D eigenvalue weighted by Gasteiger charge is 2.61. The van der Waals surface area contributed by atoms with E-state index in [1.54, 1.807) is 0 Å². The quantitative estimate of drug-likeness (QED) is 0.371. The lowest BCUT2D eigenvalue weighted by Crippen LogP contribution is -2.47. The van der Waals surface area contributed by atoms with Crippen molar-refractivity contribution in [1.82, 2.24) is 15.0 Å². The van der Waals surface area contributed by atoms with E-state index in [2.05, 4.69) is 34.4 Å². The van der Waals surface area contributed by atoms with E-state index >= 15 is 0 Å². The SMILES string of the molecule is FC(F)(F)C(Oc1nc(ON=C2CCCCC2)nc(OC(C(F)(F)F)C(F)(F)F)n1)C(F)(F)F. The summed E-state index contributed by atoms with van der Waals surface area (Å²) in [5.41, 5.74) is 0.323. The highest BCUT2D eigenvalue weighted by atomic mass is 19.4. The van der Waals surface area contributed by atoms with Gasteiger partial charge in [0.15, 0.2) is 0 Å². The second-order valence-electron chi connectivity index (χ2n) is 6.65. The summed E-state index contributed by atoms with van der Waals surface area (Å²) in [5.74, 6) is 0. The predicted octanol–water partition coefficient (Wildman–Crippen LogP) is 5.31. The molecule has 0 aliphatic heterocycles. The van der Waals surface area contributed by atoms with E-state index in [1.165, 1.54) is 0 Å². The van der Waals surface area contributed by atoms with Crippen molar-refractivity contribution in [1.29, 1.82) is 0 Å². The Hall–Kier alpha value is -2.76. The maximum atomic E-state index is 12.7. The van der Waals surface area contributed by atoms with Gasteiger partial charge in [-0.25, -0.2) is 0 Å². The first kappa shape index (κ1) is 27.5. The Kier molecular flexibility index (Phi) is 7.96. The average molecular weight is 524 g/mol. The average Bonchev–Trinajstić information content (AvgIpc) is 2.66. The molecule has 1 aliphatic carbocycles. The maximum Gasteiger partial charge on any atom is 0.434 e. The molecule has 0 spiro atoms. The summed E-state index contributed by atoms with van der Waals surface area (Å²) < 4.78 is 160. The Balaban J connectivity index is 2.45. The molecule has 1 aromatic rings. The van der Waals surface area contributed by atoms with Gasteiger partial charge in [-0.1, -0.05) is 11.6 Å². The van der Waals surface area contributed by atoms with E-state index in [4.69, 9.17) is 0 Å². The third kappa shape index (κ3) is 7.93. The first-order valence-corrected chi connectivity index (χ1v) is 8.96. The second-order valence-corrected chi connectivity index (χ2v) is 6.65. The van der Waals surface area contributed by atoms with Crippen LogP contribution in [0.3, 0.4) is 0 Å². The lowest BCUT2D eigenvalue weighted by atomic mass is 9.99. The highest BCUT2D eigenvalue weighted by molar-refractivity contribution is 5.84. The van der Waals surface area contributed by atoms with Gasteiger partial charge < -0.3 is 14.3 Å². The molecule has 0 aromatic carbocycles. The van der Waals surface area contributed by atoms with Crippen LogP contribution in [0.15, 0.2) is 5.16 Å². The summed E-state index contributed by atoms with van der Waals surface area (Å²) in [6.07, 6.45) is -30.8. The molecule has 1 aromatic heterocycles. The number of aromatic nitrogens is 3. The van der Waals surface area contributed by atoms with Crippen molar-refractivity contribution in [2.75, 3.05) is 0 Å². The van der Waals surface area contributed by atoms with Crippen LogP contribution in [0.1, 0.15) is 32.1 Å². The largest absolute Gasteiger partial charge is 0.440 e. The van der Waals surface area contributed by atoms with Crippen LogP contribution in [0.4, 0.5) is 52.7 Å². The van der Waals surface area contributed by atoms with E-state index in [9.17, 15) is 52.7 Å². The molecule has 0 atom stereocenters. The van der Waals surface area contributed by atoms with Crippen molar-refractivity contribution in [2.24, 2.45) is 5.16 Å². The molecule has 1 fully saturated rings. The minimum absolute atomic E-state index is 0.323. The fraction of sp³-hybridized carbons (Fsp3) is 0.733. The second kappa shape index (κ2) is 9.85. The smallest absolute Gasteiger partial charge is 0.434 e. The first-order chi connectivity index (χ1) is 15.4. The summed E-state index contributed by atoms with van der Waals surface area (Å²) in [7, 11) is 0. The molecule has 0 amide bonds. The van der Waals surface area contributed by atoms with Crippen LogP contribution in [0.2, 0.25) is 0 Å². The molecule has 1 aliphatic rings. The van der Waals surface area contributed by atoms with Crippen LogP contribution >= 0.6 is 0 Å². The molecule has 0 radical (unpaired) electrons. The number of halogens is 12. The third-order valence-electron chi connectivity index (χ3n) is 3.90. The lowest BCUT2D eigenvalue weighted by Gasteiger charge is -2.24. The van der Waals surface area contributed by atoms with Gasteiger partial charge in [0.25, 0.3) is 12.2 Å². The number of alkyl halides is 12. The van der Waals surface area contributed by atoms with E-state index in [-0.39, 0.29) is 0 Å². The zero-order chi connectivity index (χ0) is 25.9. The number of nitrogens with zero attached hydrogens (tertiary/aromatic N) is 4. The Labute approximate surface area is 181 Å². The maximum absolute atomic E-state index is 12.7. The summed E-state index contributed by atoms with van der Waals surface area (Å²) in [6.45, 7) is 0. The molecular weight excluding hydrogens is 512 g/mol. The fourth-order valence-corrected chi connectivity index (χ4v) is 2.47. The fourth-order valence-electron chi connectivity index (χ4n) is 2.47. The summed E-state index contributed by atoms with van der Waals surface area (Å²) in [6, 6.07) is -5.33. The van der Waals surface area contributed by atoms with Crippen LogP contribution in [0.25, 0.3) is 0 Å². The van der Waals surface area contributed by atoms with Crippen molar-refractivity contribution >= 4 is 5.71 Å². The minimum atomic E-state index is -6.12. The number of oxime groups is 1. The number of rotatable bonds is 6. The topological polar surface area (TPSA) is 78.7 Å². The van der Waals surface area contributed by atoms with Gasteiger partial charge in [0.1, 0.15) is 0 Å². The molecule has 19 heteroatoms. The van der Waals surface area contributed by atoms with Gasteiger partial charge in [-0.3, -0.25) is 0 Å². The van der Waals surface area contributed by atoms with Crippen molar-refractivity contribution in [2.45, 2.75) is 69.0 Å². The molecule has 1 heterocycles. The molecule has 0 saturated heterocycles. The molecule has 7 nitrogen and oxygen atoms in total. The summed E-state index contributed by atoms with van der Waals surface area (Å²) in [5, 5.41) is 3.45. The van der Waals surface area contributed by atoms with Crippen molar-refractivity contribution in [3.63, 3.8) is 0 Å². The Morgan fingerprint density at radius 3 is 1.26 bits per heavy atom. The minimum Gasteiger partial charge on any atom is -0.440 e. The molecule has 0 bridgehead atoms. The van der Waals surface area contributed by atoms with E-state index in [0.717, 1.165) is 6.42 Å². The first-order valence-electron chi connectivity index (χ1n) is 8.96. The third-order valence-corrected chi connectivity index (χ3v) is 3.90. The van der Waals surface area contributed by atoms with Crippen LogP contribution in [-0.4, -0.2) is 57.6 Å². The normalized spacial score (nSPS) is 16.1. The molecule has 34 heavy (non-hydrogen) atoms. The Morgan fingerprint density at radius 2 is 0.912 bits per heavy atom. The molecule has 1 saturated carbocycles. The van der Waals surface area contributed by atoms with Crippen LogP contribution in [-0.2, 0) is 0 Å². The highest BCUT2D eigenvalue weighted by Crippen LogP contribution is 2.38. The molecule has 0 N–H and O–H groups in total. The number of hydrogen-bond acceptors (Lipinski definition) is 7. The number of ether oxygens (including phenoxy) is 2. The zero-order valence-electron chi connectivity index (χ0n) is 16.2. The zero-order valence-corrected chi connectivity index (χ0v) is 16.2. The van der Waals surface area contributed by atoms with Gasteiger partial charge in [-0.05, 0) is 25.7 Å². The van der Waals surface area contributed by atoms with Gasteiger partial charge in [0, 0.05) is 0 Å². The molecule has 0 unspecified atom stereocenters.